The minimum absolute atomic E-state index is 0.0662. The maximum absolute atomic E-state index is 13.4. The molecule has 1 aromatic carbocycles. The molecular formula is C22H22N4O3S. The van der Waals surface area contributed by atoms with E-state index in [1.54, 1.807) is 34.3 Å². The SMILES string of the molecule is Cc1cccc(CN(Cc2ccccn2)C(=O)C2=CN3CCS(=O)(=O)N=C3C=C2)c1. The zero-order valence-corrected chi connectivity index (χ0v) is 17.4. The van der Waals surface area contributed by atoms with Crippen molar-refractivity contribution in [3.05, 3.63) is 89.4 Å². The zero-order chi connectivity index (χ0) is 21.1. The van der Waals surface area contributed by atoms with E-state index in [2.05, 4.69) is 15.4 Å². The lowest BCUT2D eigenvalue weighted by Gasteiger charge is -2.29. The first-order chi connectivity index (χ1) is 14.4. The van der Waals surface area contributed by atoms with E-state index in [0.29, 0.717) is 24.5 Å². The number of benzene rings is 1. The summed E-state index contributed by atoms with van der Waals surface area (Å²) < 4.78 is 27.2. The largest absolute Gasteiger partial charge is 0.330 e. The van der Waals surface area contributed by atoms with Gasteiger partial charge in [-0.05, 0) is 36.8 Å². The number of amidine groups is 1. The summed E-state index contributed by atoms with van der Waals surface area (Å²) in [5, 5.41) is 0. The summed E-state index contributed by atoms with van der Waals surface area (Å²) in [6, 6.07) is 13.7. The van der Waals surface area contributed by atoms with E-state index in [0.717, 1.165) is 16.8 Å². The Morgan fingerprint density at radius 2 is 2.00 bits per heavy atom. The standard InChI is InChI=1S/C22H22N4O3S/c1-17-5-4-6-18(13-17)14-26(16-20-7-2-3-10-23-20)22(27)19-8-9-21-24-30(28,29)12-11-25(21)15-19/h2-10,13,15H,11-12,14,16H2,1H3. The van der Waals surface area contributed by atoms with Crippen LogP contribution in [0.2, 0.25) is 0 Å². The van der Waals surface area contributed by atoms with Crippen LogP contribution in [0, 0.1) is 6.92 Å². The van der Waals surface area contributed by atoms with E-state index in [1.165, 1.54) is 0 Å². The van der Waals surface area contributed by atoms with Gasteiger partial charge in [-0.3, -0.25) is 9.78 Å². The predicted octanol–water partition coefficient (Wildman–Crippen LogP) is 2.42. The Morgan fingerprint density at radius 1 is 1.13 bits per heavy atom. The molecule has 1 amide bonds. The smallest absolute Gasteiger partial charge is 0.256 e. The topological polar surface area (TPSA) is 82.9 Å². The number of pyridine rings is 1. The summed E-state index contributed by atoms with van der Waals surface area (Å²) in [7, 11) is -3.43. The lowest BCUT2D eigenvalue weighted by atomic mass is 10.1. The fourth-order valence-electron chi connectivity index (χ4n) is 3.43. The number of carbonyl (C=O) groups is 1. The molecule has 0 bridgehead atoms. The molecule has 4 rings (SSSR count). The monoisotopic (exact) mass is 422 g/mol. The van der Waals surface area contributed by atoms with Crippen molar-refractivity contribution in [2.75, 3.05) is 12.3 Å². The fourth-order valence-corrected chi connectivity index (χ4v) is 4.40. The highest BCUT2D eigenvalue weighted by atomic mass is 32.2. The minimum Gasteiger partial charge on any atom is -0.330 e. The molecule has 8 heteroatoms. The number of aromatic nitrogens is 1. The van der Waals surface area contributed by atoms with Crippen molar-refractivity contribution in [1.82, 2.24) is 14.8 Å². The van der Waals surface area contributed by atoms with Crippen molar-refractivity contribution in [3.8, 4) is 0 Å². The lowest BCUT2D eigenvalue weighted by Crippen LogP contribution is -2.39. The van der Waals surface area contributed by atoms with Crippen LogP contribution in [0.5, 0.6) is 0 Å². The molecule has 0 saturated carbocycles. The van der Waals surface area contributed by atoms with Gasteiger partial charge in [0.2, 0.25) is 0 Å². The number of amides is 1. The molecule has 0 unspecified atom stereocenters. The molecular weight excluding hydrogens is 400 g/mol. The molecule has 7 nitrogen and oxygen atoms in total. The van der Waals surface area contributed by atoms with Gasteiger partial charge < -0.3 is 9.80 Å². The van der Waals surface area contributed by atoms with Crippen LogP contribution in [0.3, 0.4) is 0 Å². The molecule has 2 aliphatic rings. The van der Waals surface area contributed by atoms with Gasteiger partial charge in [0.15, 0.2) is 0 Å². The number of rotatable bonds is 5. The Bertz CT molecular complexity index is 1150. The van der Waals surface area contributed by atoms with E-state index in [-0.39, 0.29) is 18.2 Å². The highest BCUT2D eigenvalue weighted by Crippen LogP contribution is 2.20. The molecule has 0 aliphatic carbocycles. The van der Waals surface area contributed by atoms with Gasteiger partial charge >= 0.3 is 0 Å². The van der Waals surface area contributed by atoms with E-state index in [4.69, 9.17) is 0 Å². The molecule has 0 radical (unpaired) electrons. The number of sulfonamides is 1. The van der Waals surface area contributed by atoms with Crippen molar-refractivity contribution in [2.24, 2.45) is 4.40 Å². The van der Waals surface area contributed by atoms with Gasteiger partial charge in [-0.25, -0.2) is 8.42 Å². The van der Waals surface area contributed by atoms with Gasteiger partial charge in [0.25, 0.3) is 15.9 Å². The Labute approximate surface area is 176 Å². The Balaban J connectivity index is 1.61. The number of aryl methyl sites for hydroxylation is 1. The quantitative estimate of drug-likeness (QED) is 0.739. The van der Waals surface area contributed by atoms with Gasteiger partial charge in [0.05, 0.1) is 23.6 Å². The first-order valence-corrected chi connectivity index (χ1v) is 11.2. The van der Waals surface area contributed by atoms with E-state index in [9.17, 15) is 13.2 Å². The van der Waals surface area contributed by atoms with Gasteiger partial charge in [-0.2, -0.15) is 0 Å². The van der Waals surface area contributed by atoms with Crippen LogP contribution in [-0.4, -0.2) is 47.2 Å². The van der Waals surface area contributed by atoms with Crippen LogP contribution in [0.1, 0.15) is 16.8 Å². The maximum atomic E-state index is 13.4. The van der Waals surface area contributed by atoms with E-state index in [1.807, 2.05) is 43.3 Å². The molecule has 0 saturated heterocycles. The van der Waals surface area contributed by atoms with Crippen LogP contribution in [0.15, 0.2) is 77.0 Å². The fraction of sp³-hybridized carbons (Fsp3) is 0.227. The van der Waals surface area contributed by atoms with Gasteiger partial charge in [0.1, 0.15) is 5.84 Å². The van der Waals surface area contributed by atoms with Crippen LogP contribution < -0.4 is 0 Å². The summed E-state index contributed by atoms with van der Waals surface area (Å²) in [6.07, 6.45) is 6.59. The number of nitrogens with zero attached hydrogens (tertiary/aromatic N) is 4. The Hall–Kier alpha value is -3.26. The summed E-state index contributed by atoms with van der Waals surface area (Å²) in [4.78, 5) is 21.2. The third kappa shape index (κ3) is 4.65. The second kappa shape index (κ2) is 8.23. The third-order valence-corrected chi connectivity index (χ3v) is 6.06. The van der Waals surface area contributed by atoms with Gasteiger partial charge in [-0.15, -0.1) is 4.40 Å². The molecule has 2 aromatic rings. The second-order valence-corrected chi connectivity index (χ2v) is 9.07. The minimum atomic E-state index is -3.43. The summed E-state index contributed by atoms with van der Waals surface area (Å²) in [5.41, 5.74) is 3.44. The molecule has 0 N–H and O–H groups in total. The van der Waals surface area contributed by atoms with Crippen molar-refractivity contribution in [3.63, 3.8) is 0 Å². The van der Waals surface area contributed by atoms with Crippen LogP contribution >= 0.6 is 0 Å². The molecule has 3 heterocycles. The summed E-state index contributed by atoms with van der Waals surface area (Å²) >= 11 is 0. The number of carbonyl (C=O) groups excluding carboxylic acids is 1. The first kappa shape index (κ1) is 20.0. The highest BCUT2D eigenvalue weighted by Gasteiger charge is 2.27. The van der Waals surface area contributed by atoms with E-state index >= 15 is 0 Å². The van der Waals surface area contributed by atoms with E-state index < -0.39 is 10.0 Å². The molecule has 154 valence electrons. The predicted molar refractivity (Wildman–Crippen MR) is 115 cm³/mol. The number of hydrogen-bond donors (Lipinski definition) is 0. The molecule has 30 heavy (non-hydrogen) atoms. The summed E-state index contributed by atoms with van der Waals surface area (Å²) in [6.45, 7) is 3.11. The Morgan fingerprint density at radius 3 is 2.77 bits per heavy atom. The first-order valence-electron chi connectivity index (χ1n) is 9.63. The molecule has 2 aliphatic heterocycles. The lowest BCUT2D eigenvalue weighted by molar-refractivity contribution is -0.128. The maximum Gasteiger partial charge on any atom is 0.256 e. The number of hydrogen-bond acceptors (Lipinski definition) is 5. The molecule has 0 fully saturated rings. The van der Waals surface area contributed by atoms with Crippen LogP contribution in [0.25, 0.3) is 0 Å². The molecule has 0 atom stereocenters. The van der Waals surface area contributed by atoms with Crippen LogP contribution in [-0.2, 0) is 27.9 Å². The molecule has 1 aromatic heterocycles. The van der Waals surface area contributed by atoms with Crippen molar-refractivity contribution in [2.45, 2.75) is 20.0 Å². The van der Waals surface area contributed by atoms with Gasteiger partial charge in [-0.1, -0.05) is 35.9 Å². The van der Waals surface area contributed by atoms with Crippen LogP contribution in [0.4, 0.5) is 0 Å². The summed E-state index contributed by atoms with van der Waals surface area (Å²) in [5.74, 6) is 0.127. The normalized spacial score (nSPS) is 17.0. The average molecular weight is 423 g/mol. The average Bonchev–Trinajstić information content (AvgIpc) is 2.72. The zero-order valence-electron chi connectivity index (χ0n) is 16.6. The highest BCUT2D eigenvalue weighted by molar-refractivity contribution is 7.90. The second-order valence-electron chi connectivity index (χ2n) is 7.32. The molecule has 0 spiro atoms. The Kier molecular flexibility index (Phi) is 5.50. The number of fused-ring (bicyclic) bond motifs is 1. The van der Waals surface area contributed by atoms with Crippen molar-refractivity contribution < 1.29 is 13.2 Å². The third-order valence-electron chi connectivity index (χ3n) is 4.89. The van der Waals surface area contributed by atoms with Gasteiger partial charge in [0, 0.05) is 25.5 Å². The van der Waals surface area contributed by atoms with Crippen molar-refractivity contribution in [1.29, 1.82) is 0 Å². The van der Waals surface area contributed by atoms with Crippen molar-refractivity contribution >= 4 is 21.8 Å².